The topological polar surface area (TPSA) is 66.9 Å². The van der Waals surface area contributed by atoms with Crippen molar-refractivity contribution in [2.24, 2.45) is 0 Å². The van der Waals surface area contributed by atoms with E-state index in [4.69, 9.17) is 21.4 Å². The summed E-state index contributed by atoms with van der Waals surface area (Å²) in [7, 11) is 0. The fourth-order valence-corrected chi connectivity index (χ4v) is 1.62. The van der Waals surface area contributed by atoms with Crippen LogP contribution in [0.2, 0.25) is 5.02 Å². The molecule has 0 spiro atoms. The predicted octanol–water partition coefficient (Wildman–Crippen LogP) is 3.07. The van der Waals surface area contributed by atoms with Gasteiger partial charge >= 0.3 is 0 Å². The van der Waals surface area contributed by atoms with Gasteiger partial charge in [-0.05, 0) is 17.7 Å². The summed E-state index contributed by atoms with van der Waals surface area (Å²) in [4.78, 5) is 11.4. The number of nitriles is 1. The highest BCUT2D eigenvalue weighted by Crippen LogP contribution is 2.28. The molecular formula is C12H7ClN2O2. The van der Waals surface area contributed by atoms with E-state index in [0.717, 1.165) is 0 Å². The van der Waals surface area contributed by atoms with E-state index in [1.165, 1.54) is 6.92 Å². The standard InChI is InChI=1S/C12H7ClN2O2/c1-7(16)12-11(10(6-14)15-17-12)8-2-4-9(13)5-3-8/h2-5H,1H3. The molecule has 2 aromatic rings. The minimum absolute atomic E-state index is 0.0869. The number of carbonyl (C=O) groups is 1. The zero-order valence-electron chi connectivity index (χ0n) is 8.90. The summed E-state index contributed by atoms with van der Waals surface area (Å²) in [5.41, 5.74) is 1.19. The van der Waals surface area contributed by atoms with E-state index in [-0.39, 0.29) is 17.2 Å². The Labute approximate surface area is 102 Å². The molecule has 0 amide bonds. The predicted molar refractivity (Wildman–Crippen MR) is 61.7 cm³/mol. The first-order chi connectivity index (χ1) is 8.13. The molecule has 84 valence electrons. The summed E-state index contributed by atoms with van der Waals surface area (Å²) in [6.45, 7) is 1.36. The highest BCUT2D eigenvalue weighted by atomic mass is 35.5. The Morgan fingerprint density at radius 1 is 1.41 bits per heavy atom. The van der Waals surface area contributed by atoms with Crippen molar-refractivity contribution in [2.75, 3.05) is 0 Å². The van der Waals surface area contributed by atoms with Gasteiger partial charge in [0.1, 0.15) is 6.07 Å². The Bertz CT molecular complexity index is 608. The number of hydrogen-bond acceptors (Lipinski definition) is 4. The summed E-state index contributed by atoms with van der Waals surface area (Å²) < 4.78 is 4.88. The molecule has 2 rings (SSSR count). The van der Waals surface area contributed by atoms with Gasteiger partial charge in [-0.15, -0.1) is 0 Å². The van der Waals surface area contributed by atoms with Crippen molar-refractivity contribution < 1.29 is 9.32 Å². The molecule has 0 aliphatic rings. The van der Waals surface area contributed by atoms with Crippen LogP contribution in [0.25, 0.3) is 11.1 Å². The Kier molecular flexibility index (Phi) is 2.94. The monoisotopic (exact) mass is 246 g/mol. The maximum Gasteiger partial charge on any atom is 0.211 e. The number of rotatable bonds is 2. The third kappa shape index (κ3) is 2.05. The first-order valence-electron chi connectivity index (χ1n) is 4.80. The van der Waals surface area contributed by atoms with E-state index < -0.39 is 0 Å². The molecule has 0 radical (unpaired) electrons. The van der Waals surface area contributed by atoms with Crippen molar-refractivity contribution in [3.8, 4) is 17.2 Å². The SMILES string of the molecule is CC(=O)c1onc(C#N)c1-c1ccc(Cl)cc1. The second-order valence-corrected chi connectivity index (χ2v) is 3.85. The van der Waals surface area contributed by atoms with Gasteiger partial charge in [0.25, 0.3) is 0 Å². The molecular weight excluding hydrogens is 240 g/mol. The molecule has 1 aromatic heterocycles. The average Bonchev–Trinajstić information content (AvgIpc) is 2.73. The van der Waals surface area contributed by atoms with Crippen molar-refractivity contribution in [1.82, 2.24) is 5.16 Å². The summed E-state index contributed by atoms with van der Waals surface area (Å²) in [6.07, 6.45) is 0. The van der Waals surface area contributed by atoms with Gasteiger partial charge in [0.05, 0.1) is 5.56 Å². The highest BCUT2D eigenvalue weighted by molar-refractivity contribution is 6.30. The molecule has 0 saturated heterocycles. The van der Waals surface area contributed by atoms with Crippen LogP contribution in [0, 0.1) is 11.3 Å². The van der Waals surface area contributed by atoms with Gasteiger partial charge in [-0.3, -0.25) is 4.79 Å². The van der Waals surface area contributed by atoms with E-state index in [1.54, 1.807) is 24.3 Å². The maximum atomic E-state index is 11.4. The lowest BCUT2D eigenvalue weighted by atomic mass is 10.0. The highest BCUT2D eigenvalue weighted by Gasteiger charge is 2.20. The Hall–Kier alpha value is -2.12. The molecule has 0 atom stereocenters. The smallest absolute Gasteiger partial charge is 0.211 e. The van der Waals surface area contributed by atoms with Crippen LogP contribution >= 0.6 is 11.6 Å². The Morgan fingerprint density at radius 2 is 2.06 bits per heavy atom. The number of nitrogens with zero attached hydrogens (tertiary/aromatic N) is 2. The number of carbonyl (C=O) groups excluding carboxylic acids is 1. The zero-order chi connectivity index (χ0) is 12.4. The fraction of sp³-hybridized carbons (Fsp3) is 0.0833. The first kappa shape index (κ1) is 11.4. The second-order valence-electron chi connectivity index (χ2n) is 3.41. The van der Waals surface area contributed by atoms with Gasteiger partial charge in [0.15, 0.2) is 11.5 Å². The molecule has 0 fully saturated rings. The van der Waals surface area contributed by atoms with Crippen molar-refractivity contribution in [3.63, 3.8) is 0 Å². The van der Waals surface area contributed by atoms with Crippen LogP contribution in [0.4, 0.5) is 0 Å². The van der Waals surface area contributed by atoms with E-state index in [9.17, 15) is 4.79 Å². The van der Waals surface area contributed by atoms with Crippen molar-refractivity contribution in [1.29, 1.82) is 5.26 Å². The number of benzene rings is 1. The molecule has 4 nitrogen and oxygen atoms in total. The number of hydrogen-bond donors (Lipinski definition) is 0. The normalized spacial score (nSPS) is 9.94. The first-order valence-corrected chi connectivity index (χ1v) is 5.18. The van der Waals surface area contributed by atoms with Gasteiger partial charge in [-0.25, -0.2) is 0 Å². The largest absolute Gasteiger partial charge is 0.351 e. The third-order valence-corrected chi connectivity index (χ3v) is 2.50. The molecule has 0 bridgehead atoms. The molecule has 17 heavy (non-hydrogen) atoms. The number of halogens is 1. The average molecular weight is 247 g/mol. The van der Waals surface area contributed by atoms with Crippen LogP contribution in [0.15, 0.2) is 28.8 Å². The Balaban J connectivity index is 2.65. The van der Waals surface area contributed by atoms with Gasteiger partial charge in [0.2, 0.25) is 5.76 Å². The number of aromatic nitrogens is 1. The summed E-state index contributed by atoms with van der Waals surface area (Å²) in [5, 5.41) is 13.1. The van der Waals surface area contributed by atoms with Crippen molar-refractivity contribution in [2.45, 2.75) is 6.92 Å². The maximum absolute atomic E-state index is 11.4. The lowest BCUT2D eigenvalue weighted by Gasteiger charge is -1.99. The van der Waals surface area contributed by atoms with Crippen molar-refractivity contribution in [3.05, 3.63) is 40.7 Å². The van der Waals surface area contributed by atoms with E-state index in [2.05, 4.69) is 5.16 Å². The molecule has 1 heterocycles. The molecule has 5 heteroatoms. The molecule has 0 N–H and O–H groups in total. The minimum Gasteiger partial charge on any atom is -0.351 e. The van der Waals surface area contributed by atoms with Crippen LogP contribution in [0.1, 0.15) is 23.2 Å². The molecule has 0 aliphatic carbocycles. The summed E-state index contributed by atoms with van der Waals surface area (Å²) >= 11 is 5.78. The van der Waals surface area contributed by atoms with E-state index >= 15 is 0 Å². The molecule has 0 aliphatic heterocycles. The lowest BCUT2D eigenvalue weighted by Crippen LogP contribution is -1.93. The molecule has 1 aromatic carbocycles. The Morgan fingerprint density at radius 3 is 2.59 bits per heavy atom. The summed E-state index contributed by atoms with van der Waals surface area (Å²) in [5.74, 6) is -0.187. The number of Topliss-reactive ketones (excluding diaryl/α,β-unsaturated/α-hetero) is 1. The molecule has 0 saturated carbocycles. The zero-order valence-corrected chi connectivity index (χ0v) is 9.65. The van der Waals surface area contributed by atoms with Crippen LogP contribution in [-0.4, -0.2) is 10.9 Å². The van der Waals surface area contributed by atoms with Gasteiger partial charge in [0, 0.05) is 11.9 Å². The van der Waals surface area contributed by atoms with Crippen LogP contribution < -0.4 is 0 Å². The van der Waals surface area contributed by atoms with Gasteiger partial charge in [-0.2, -0.15) is 5.26 Å². The summed E-state index contributed by atoms with van der Waals surface area (Å²) in [6, 6.07) is 8.67. The van der Waals surface area contributed by atoms with Crippen LogP contribution in [0.5, 0.6) is 0 Å². The van der Waals surface area contributed by atoms with Crippen LogP contribution in [-0.2, 0) is 0 Å². The molecule has 0 unspecified atom stereocenters. The lowest BCUT2D eigenvalue weighted by molar-refractivity contribution is 0.0979. The third-order valence-electron chi connectivity index (χ3n) is 2.25. The van der Waals surface area contributed by atoms with Gasteiger partial charge in [-0.1, -0.05) is 28.9 Å². The van der Waals surface area contributed by atoms with Gasteiger partial charge < -0.3 is 4.52 Å². The van der Waals surface area contributed by atoms with E-state index in [0.29, 0.717) is 16.1 Å². The minimum atomic E-state index is -0.274. The second kappa shape index (κ2) is 4.40. The van der Waals surface area contributed by atoms with E-state index in [1.807, 2.05) is 6.07 Å². The number of ketones is 1. The quantitative estimate of drug-likeness (QED) is 0.764. The van der Waals surface area contributed by atoms with Crippen LogP contribution in [0.3, 0.4) is 0 Å². The fourth-order valence-electron chi connectivity index (χ4n) is 1.49. The van der Waals surface area contributed by atoms with Crippen molar-refractivity contribution >= 4 is 17.4 Å².